The number of carbonyl (C=O) groups excluding carboxylic acids is 1. The Balaban J connectivity index is 3.37. The van der Waals surface area contributed by atoms with Crippen LogP contribution < -0.4 is 0 Å². The van der Waals surface area contributed by atoms with Gasteiger partial charge in [0.25, 0.3) is 0 Å². The molecule has 0 aromatic rings. The van der Waals surface area contributed by atoms with Crippen LogP contribution in [0.3, 0.4) is 0 Å². The number of alkyl halides is 3. The van der Waals surface area contributed by atoms with Gasteiger partial charge in [-0.3, -0.25) is 4.79 Å². The van der Waals surface area contributed by atoms with Crippen LogP contribution in [0.4, 0.5) is 13.2 Å². The molecule has 0 bridgehead atoms. The Morgan fingerprint density at radius 2 is 1.35 bits per heavy atom. The Morgan fingerprint density at radius 1 is 0.850 bits per heavy atom. The molecule has 0 radical (unpaired) electrons. The molecule has 116 valence electrons. The zero-order valence-electron chi connectivity index (χ0n) is 12.2. The summed E-state index contributed by atoms with van der Waals surface area (Å²) in [5.41, 5.74) is 0. The van der Waals surface area contributed by atoms with Gasteiger partial charge >= 0.3 is 6.18 Å². The number of ketones is 1. The molecule has 0 heterocycles. The van der Waals surface area contributed by atoms with Crippen molar-refractivity contribution in [2.24, 2.45) is 0 Å². The third-order valence-electron chi connectivity index (χ3n) is 2.91. The first-order chi connectivity index (χ1) is 9.48. The lowest BCUT2D eigenvalue weighted by Gasteiger charge is -2.02. The Labute approximate surface area is 119 Å². The van der Waals surface area contributed by atoms with Crippen LogP contribution in [0.5, 0.6) is 0 Å². The van der Waals surface area contributed by atoms with E-state index in [0.717, 1.165) is 32.1 Å². The number of hydrogen-bond donors (Lipinski definition) is 0. The second kappa shape index (κ2) is 11.7. The van der Waals surface area contributed by atoms with Gasteiger partial charge in [0.2, 0.25) is 5.78 Å². The minimum absolute atomic E-state index is 0.181. The minimum atomic E-state index is -4.68. The molecule has 0 aliphatic carbocycles. The molecule has 0 fully saturated rings. The van der Waals surface area contributed by atoms with Gasteiger partial charge in [0.15, 0.2) is 0 Å². The van der Waals surface area contributed by atoms with Gasteiger partial charge in [-0.05, 0) is 38.5 Å². The molecule has 4 heteroatoms. The van der Waals surface area contributed by atoms with E-state index in [0.29, 0.717) is 0 Å². The average molecular weight is 290 g/mol. The van der Waals surface area contributed by atoms with Gasteiger partial charge in [-0.1, -0.05) is 44.1 Å². The molecule has 0 aliphatic rings. The zero-order chi connectivity index (χ0) is 15.3. The Kier molecular flexibility index (Phi) is 11.1. The molecule has 0 atom stereocenters. The quantitative estimate of drug-likeness (QED) is 0.349. The van der Waals surface area contributed by atoms with E-state index in [-0.39, 0.29) is 6.42 Å². The maximum absolute atomic E-state index is 11.9. The van der Waals surface area contributed by atoms with Gasteiger partial charge in [0, 0.05) is 6.42 Å². The van der Waals surface area contributed by atoms with Crippen molar-refractivity contribution in [3.63, 3.8) is 0 Å². The molecule has 0 aromatic heterocycles. The van der Waals surface area contributed by atoms with Crippen molar-refractivity contribution in [2.75, 3.05) is 0 Å². The molecule has 0 rings (SSSR count). The maximum Gasteiger partial charge on any atom is 0.449 e. The first-order valence-electron chi connectivity index (χ1n) is 7.38. The van der Waals surface area contributed by atoms with Crippen molar-refractivity contribution in [1.82, 2.24) is 0 Å². The summed E-state index contributed by atoms with van der Waals surface area (Å²) in [5, 5.41) is 0. The highest BCUT2D eigenvalue weighted by molar-refractivity contribution is 5.84. The van der Waals surface area contributed by atoms with E-state index < -0.39 is 18.4 Å². The summed E-state index contributed by atoms with van der Waals surface area (Å²) >= 11 is 0. The van der Waals surface area contributed by atoms with E-state index in [9.17, 15) is 18.0 Å². The van der Waals surface area contributed by atoms with Crippen molar-refractivity contribution >= 4 is 5.78 Å². The predicted molar refractivity (Wildman–Crippen MR) is 76.6 cm³/mol. The summed E-state index contributed by atoms with van der Waals surface area (Å²) < 4.78 is 35.7. The fourth-order valence-corrected chi connectivity index (χ4v) is 1.75. The lowest BCUT2D eigenvalue weighted by atomic mass is 10.1. The Bertz CT molecular complexity index is 303. The fraction of sp³-hybridized carbons (Fsp3) is 0.688. The molecule has 0 saturated heterocycles. The molecule has 0 aromatic carbocycles. The number of hydrogen-bond acceptors (Lipinski definition) is 1. The predicted octanol–water partition coefficient (Wildman–Crippen LogP) is 5.76. The SMILES string of the molecule is CC/C=C\CCCCCC/C=C/CCC(=O)C(F)(F)F. The van der Waals surface area contributed by atoms with Gasteiger partial charge in [-0.15, -0.1) is 0 Å². The average Bonchev–Trinajstić information content (AvgIpc) is 2.38. The van der Waals surface area contributed by atoms with E-state index in [2.05, 4.69) is 19.1 Å². The highest BCUT2D eigenvalue weighted by Crippen LogP contribution is 2.18. The van der Waals surface area contributed by atoms with Crippen LogP contribution in [-0.2, 0) is 4.79 Å². The van der Waals surface area contributed by atoms with Gasteiger partial charge in [-0.2, -0.15) is 13.2 Å². The summed E-state index contributed by atoms with van der Waals surface area (Å²) in [6, 6.07) is 0. The Morgan fingerprint density at radius 3 is 1.85 bits per heavy atom. The van der Waals surface area contributed by atoms with E-state index in [1.807, 2.05) is 6.08 Å². The van der Waals surface area contributed by atoms with Crippen molar-refractivity contribution in [1.29, 1.82) is 0 Å². The highest BCUT2D eigenvalue weighted by Gasteiger charge is 2.36. The molecular formula is C16H25F3O. The number of unbranched alkanes of at least 4 members (excludes halogenated alkanes) is 5. The van der Waals surface area contributed by atoms with E-state index in [4.69, 9.17) is 0 Å². The third kappa shape index (κ3) is 12.0. The molecule has 0 unspecified atom stereocenters. The Hall–Kier alpha value is -1.06. The van der Waals surface area contributed by atoms with Crippen molar-refractivity contribution < 1.29 is 18.0 Å². The second-order valence-electron chi connectivity index (χ2n) is 4.80. The van der Waals surface area contributed by atoms with E-state index >= 15 is 0 Å². The van der Waals surface area contributed by atoms with Crippen LogP contribution in [-0.4, -0.2) is 12.0 Å². The first-order valence-corrected chi connectivity index (χ1v) is 7.38. The number of carbonyl (C=O) groups is 1. The van der Waals surface area contributed by atoms with E-state index in [1.165, 1.54) is 12.8 Å². The smallest absolute Gasteiger partial charge is 0.290 e. The minimum Gasteiger partial charge on any atom is -0.290 e. The lowest BCUT2D eigenvalue weighted by Crippen LogP contribution is -2.21. The van der Waals surface area contributed by atoms with Crippen molar-refractivity contribution in [3.05, 3.63) is 24.3 Å². The van der Waals surface area contributed by atoms with Crippen LogP contribution in [0.25, 0.3) is 0 Å². The number of allylic oxidation sites excluding steroid dienone is 4. The highest BCUT2D eigenvalue weighted by atomic mass is 19.4. The summed E-state index contributed by atoms with van der Waals surface area (Å²) in [6.45, 7) is 2.12. The molecule has 0 saturated carbocycles. The molecular weight excluding hydrogens is 265 g/mol. The van der Waals surface area contributed by atoms with Gasteiger partial charge in [0.05, 0.1) is 0 Å². The van der Waals surface area contributed by atoms with Crippen LogP contribution in [0.15, 0.2) is 24.3 Å². The molecule has 0 N–H and O–H groups in total. The summed E-state index contributed by atoms with van der Waals surface area (Å²) in [5.74, 6) is -1.64. The van der Waals surface area contributed by atoms with Crippen LogP contribution in [0.2, 0.25) is 0 Å². The second-order valence-corrected chi connectivity index (χ2v) is 4.80. The summed E-state index contributed by atoms with van der Waals surface area (Å²) in [4.78, 5) is 10.6. The standard InChI is InChI=1S/C16H25F3O/c1-2-3-4-5-6-7-8-9-10-11-12-13-14-15(20)16(17,18)19/h3-4,11-12H,2,5-10,13-14H2,1H3/b4-3-,12-11+. The molecule has 0 amide bonds. The van der Waals surface area contributed by atoms with Crippen LogP contribution in [0.1, 0.15) is 64.7 Å². The van der Waals surface area contributed by atoms with E-state index in [1.54, 1.807) is 6.08 Å². The van der Waals surface area contributed by atoms with Gasteiger partial charge in [0.1, 0.15) is 0 Å². The lowest BCUT2D eigenvalue weighted by molar-refractivity contribution is -0.170. The largest absolute Gasteiger partial charge is 0.449 e. The van der Waals surface area contributed by atoms with Crippen LogP contribution >= 0.6 is 0 Å². The normalized spacial score (nSPS) is 12.6. The topological polar surface area (TPSA) is 17.1 Å². The number of rotatable bonds is 11. The van der Waals surface area contributed by atoms with Crippen LogP contribution in [0, 0.1) is 0 Å². The fourth-order valence-electron chi connectivity index (χ4n) is 1.75. The molecule has 20 heavy (non-hydrogen) atoms. The summed E-state index contributed by atoms with van der Waals surface area (Å²) in [6.07, 6.45) is 10.7. The monoisotopic (exact) mass is 290 g/mol. The summed E-state index contributed by atoms with van der Waals surface area (Å²) in [7, 11) is 0. The number of Topliss-reactive ketones (excluding diaryl/α,β-unsaturated/α-hetero) is 1. The molecule has 0 spiro atoms. The third-order valence-corrected chi connectivity index (χ3v) is 2.91. The van der Waals surface area contributed by atoms with Crippen molar-refractivity contribution in [3.8, 4) is 0 Å². The zero-order valence-corrected chi connectivity index (χ0v) is 12.2. The van der Waals surface area contributed by atoms with Crippen molar-refractivity contribution in [2.45, 2.75) is 70.9 Å². The van der Waals surface area contributed by atoms with Gasteiger partial charge < -0.3 is 0 Å². The van der Waals surface area contributed by atoms with Gasteiger partial charge in [-0.25, -0.2) is 0 Å². The maximum atomic E-state index is 11.9. The molecule has 0 aliphatic heterocycles. The molecule has 1 nitrogen and oxygen atoms in total. The first kappa shape index (κ1) is 18.9. The number of halogens is 3.